The van der Waals surface area contributed by atoms with Crippen molar-refractivity contribution in [1.29, 1.82) is 0 Å². The summed E-state index contributed by atoms with van der Waals surface area (Å²) >= 11 is 10.1. The average molecular weight is 376 g/mol. The summed E-state index contributed by atoms with van der Waals surface area (Å²) in [5, 5.41) is 9.55. The summed E-state index contributed by atoms with van der Waals surface area (Å²) < 4.78 is 14.0. The van der Waals surface area contributed by atoms with E-state index in [0.29, 0.717) is 15.7 Å². The van der Waals surface area contributed by atoms with Crippen LogP contribution in [0.25, 0.3) is 0 Å². The SMILES string of the molecule is O=C(O)c1ccc(SCc2ccc(Cl)cc2)c(F)c1Br. The summed E-state index contributed by atoms with van der Waals surface area (Å²) in [5.41, 5.74) is 0.926. The molecule has 0 radical (unpaired) electrons. The Balaban J connectivity index is 2.16. The number of carboxylic acids is 1. The number of carboxylic acid groups (broad SMARTS) is 1. The minimum atomic E-state index is -1.16. The van der Waals surface area contributed by atoms with Gasteiger partial charge in [-0.05, 0) is 45.8 Å². The molecule has 0 aliphatic rings. The van der Waals surface area contributed by atoms with E-state index in [1.807, 2.05) is 12.1 Å². The summed E-state index contributed by atoms with van der Waals surface area (Å²) in [4.78, 5) is 11.3. The van der Waals surface area contributed by atoms with Gasteiger partial charge in [0.1, 0.15) is 0 Å². The van der Waals surface area contributed by atoms with Crippen LogP contribution >= 0.6 is 39.3 Å². The van der Waals surface area contributed by atoms with Crippen LogP contribution in [0.3, 0.4) is 0 Å². The van der Waals surface area contributed by atoms with Gasteiger partial charge in [0.05, 0.1) is 10.0 Å². The van der Waals surface area contributed by atoms with Gasteiger partial charge in [-0.2, -0.15) is 0 Å². The first-order valence-corrected chi connectivity index (χ1v) is 7.73. The molecular weight excluding hydrogens is 367 g/mol. The lowest BCUT2D eigenvalue weighted by atomic mass is 10.2. The van der Waals surface area contributed by atoms with Crippen LogP contribution in [-0.2, 0) is 5.75 Å². The highest BCUT2D eigenvalue weighted by molar-refractivity contribution is 9.10. The molecule has 2 aromatic carbocycles. The minimum absolute atomic E-state index is 0.0221. The molecule has 0 heterocycles. The maximum Gasteiger partial charge on any atom is 0.336 e. The Morgan fingerprint density at radius 3 is 2.50 bits per heavy atom. The van der Waals surface area contributed by atoms with E-state index < -0.39 is 11.8 Å². The molecule has 0 spiro atoms. The molecule has 0 saturated carbocycles. The highest BCUT2D eigenvalue weighted by Crippen LogP contribution is 2.32. The lowest BCUT2D eigenvalue weighted by Gasteiger charge is -2.07. The van der Waals surface area contributed by atoms with E-state index in [1.54, 1.807) is 12.1 Å². The van der Waals surface area contributed by atoms with Crippen LogP contribution in [0, 0.1) is 5.82 Å². The standard InChI is InChI=1S/C14H9BrClFO2S/c15-12-10(14(18)19)5-6-11(13(12)17)20-7-8-1-3-9(16)4-2-8/h1-6H,7H2,(H,18,19). The summed E-state index contributed by atoms with van der Waals surface area (Å²) in [7, 11) is 0. The first kappa shape index (κ1) is 15.4. The van der Waals surface area contributed by atoms with Crippen molar-refractivity contribution in [3.05, 3.63) is 62.8 Å². The van der Waals surface area contributed by atoms with E-state index >= 15 is 0 Å². The summed E-state index contributed by atoms with van der Waals surface area (Å²) in [6.07, 6.45) is 0. The van der Waals surface area contributed by atoms with E-state index in [0.717, 1.165) is 5.56 Å². The second kappa shape index (κ2) is 6.61. The summed E-state index contributed by atoms with van der Waals surface area (Å²) in [5.74, 6) is -1.14. The predicted octanol–water partition coefficient (Wildman–Crippen LogP) is 5.23. The molecule has 0 unspecified atom stereocenters. The van der Waals surface area contributed by atoms with Gasteiger partial charge in [0.2, 0.25) is 0 Å². The number of benzene rings is 2. The Morgan fingerprint density at radius 1 is 1.25 bits per heavy atom. The van der Waals surface area contributed by atoms with Crippen LogP contribution in [0.15, 0.2) is 45.8 Å². The molecule has 0 aromatic heterocycles. The summed E-state index contributed by atoms with van der Waals surface area (Å²) in [6, 6.07) is 10.2. The highest BCUT2D eigenvalue weighted by Gasteiger charge is 2.16. The van der Waals surface area contributed by atoms with Gasteiger partial charge in [-0.1, -0.05) is 23.7 Å². The fraction of sp³-hybridized carbons (Fsp3) is 0.0714. The van der Waals surface area contributed by atoms with E-state index in [9.17, 15) is 9.18 Å². The molecule has 0 amide bonds. The molecule has 2 aromatic rings. The Labute approximate surface area is 133 Å². The molecule has 2 rings (SSSR count). The predicted molar refractivity (Wildman–Crippen MR) is 82.1 cm³/mol. The zero-order chi connectivity index (χ0) is 14.7. The third kappa shape index (κ3) is 3.53. The maximum absolute atomic E-state index is 14.0. The minimum Gasteiger partial charge on any atom is -0.478 e. The van der Waals surface area contributed by atoms with Crippen LogP contribution in [-0.4, -0.2) is 11.1 Å². The topological polar surface area (TPSA) is 37.3 Å². The number of aromatic carboxylic acids is 1. The number of rotatable bonds is 4. The van der Waals surface area contributed by atoms with Gasteiger partial charge in [-0.15, -0.1) is 11.8 Å². The van der Waals surface area contributed by atoms with Crippen molar-refractivity contribution >= 4 is 45.3 Å². The molecule has 20 heavy (non-hydrogen) atoms. The second-order valence-electron chi connectivity index (χ2n) is 3.96. The van der Waals surface area contributed by atoms with Crippen molar-refractivity contribution in [2.24, 2.45) is 0 Å². The van der Waals surface area contributed by atoms with Gasteiger partial charge >= 0.3 is 5.97 Å². The van der Waals surface area contributed by atoms with Gasteiger partial charge < -0.3 is 5.11 Å². The molecule has 1 N–H and O–H groups in total. The number of halogens is 3. The summed E-state index contributed by atoms with van der Waals surface area (Å²) in [6.45, 7) is 0. The van der Waals surface area contributed by atoms with Crippen molar-refractivity contribution in [3.8, 4) is 0 Å². The monoisotopic (exact) mass is 374 g/mol. The second-order valence-corrected chi connectivity index (χ2v) is 6.21. The number of carbonyl (C=O) groups is 1. The van der Waals surface area contributed by atoms with Crippen molar-refractivity contribution in [1.82, 2.24) is 0 Å². The van der Waals surface area contributed by atoms with Gasteiger partial charge in [-0.3, -0.25) is 0 Å². The van der Waals surface area contributed by atoms with Crippen molar-refractivity contribution in [2.45, 2.75) is 10.6 Å². The molecular formula is C14H9BrClFO2S. The Hall–Kier alpha value is -1.04. The quantitative estimate of drug-likeness (QED) is 0.743. The molecule has 2 nitrogen and oxygen atoms in total. The van der Waals surface area contributed by atoms with Crippen LogP contribution in [0.4, 0.5) is 4.39 Å². The zero-order valence-corrected chi connectivity index (χ0v) is 13.2. The first-order valence-electron chi connectivity index (χ1n) is 5.57. The first-order chi connectivity index (χ1) is 9.49. The third-order valence-corrected chi connectivity index (χ3v) is 4.72. The van der Waals surface area contributed by atoms with E-state index in [2.05, 4.69) is 15.9 Å². The van der Waals surface area contributed by atoms with Gasteiger partial charge in [-0.25, -0.2) is 9.18 Å². The molecule has 0 aliphatic heterocycles. The molecule has 104 valence electrons. The molecule has 0 bridgehead atoms. The lowest BCUT2D eigenvalue weighted by Crippen LogP contribution is -2.00. The maximum atomic E-state index is 14.0. The fourth-order valence-electron chi connectivity index (χ4n) is 1.55. The van der Waals surface area contributed by atoms with Gasteiger partial charge in [0, 0.05) is 15.7 Å². The average Bonchev–Trinajstić information content (AvgIpc) is 2.42. The normalized spacial score (nSPS) is 10.6. The zero-order valence-electron chi connectivity index (χ0n) is 10.1. The Kier molecular flexibility index (Phi) is 5.07. The largest absolute Gasteiger partial charge is 0.478 e. The third-order valence-electron chi connectivity index (χ3n) is 2.58. The Morgan fingerprint density at radius 2 is 1.90 bits per heavy atom. The van der Waals surface area contributed by atoms with E-state index in [-0.39, 0.29) is 10.0 Å². The van der Waals surface area contributed by atoms with Gasteiger partial charge in [0.15, 0.2) is 5.82 Å². The van der Waals surface area contributed by atoms with Crippen LogP contribution < -0.4 is 0 Å². The fourth-order valence-corrected chi connectivity index (χ4v) is 3.23. The highest BCUT2D eigenvalue weighted by atomic mass is 79.9. The molecule has 0 atom stereocenters. The van der Waals surface area contributed by atoms with Crippen LogP contribution in [0.1, 0.15) is 15.9 Å². The molecule has 6 heteroatoms. The van der Waals surface area contributed by atoms with Gasteiger partial charge in [0.25, 0.3) is 0 Å². The van der Waals surface area contributed by atoms with Crippen LogP contribution in [0.2, 0.25) is 5.02 Å². The van der Waals surface area contributed by atoms with Crippen molar-refractivity contribution in [2.75, 3.05) is 0 Å². The molecule has 0 saturated heterocycles. The van der Waals surface area contributed by atoms with E-state index in [4.69, 9.17) is 16.7 Å². The van der Waals surface area contributed by atoms with Crippen molar-refractivity contribution in [3.63, 3.8) is 0 Å². The van der Waals surface area contributed by atoms with Crippen molar-refractivity contribution < 1.29 is 14.3 Å². The lowest BCUT2D eigenvalue weighted by molar-refractivity contribution is 0.0695. The number of hydrogen-bond acceptors (Lipinski definition) is 2. The smallest absolute Gasteiger partial charge is 0.336 e. The number of hydrogen-bond donors (Lipinski definition) is 1. The molecule has 0 aliphatic carbocycles. The van der Waals surface area contributed by atoms with Crippen LogP contribution in [0.5, 0.6) is 0 Å². The molecule has 0 fully saturated rings. The van der Waals surface area contributed by atoms with E-state index in [1.165, 1.54) is 23.9 Å². The Bertz CT molecular complexity index is 646. The number of thioether (sulfide) groups is 1.